The lowest BCUT2D eigenvalue weighted by molar-refractivity contribution is -0.138. The lowest BCUT2D eigenvalue weighted by atomic mass is 10.2. The number of esters is 1. The van der Waals surface area contributed by atoms with E-state index in [1.54, 1.807) is 30.5 Å². The number of ether oxygens (including phenoxy) is 1. The summed E-state index contributed by atoms with van der Waals surface area (Å²) in [7, 11) is 0. The van der Waals surface area contributed by atoms with Crippen LogP contribution in [0, 0.1) is 0 Å². The second-order valence-corrected chi connectivity index (χ2v) is 6.00. The van der Waals surface area contributed by atoms with Crippen molar-refractivity contribution < 1.29 is 9.53 Å². The van der Waals surface area contributed by atoms with Crippen molar-refractivity contribution in [1.82, 2.24) is 29.4 Å². The zero-order valence-corrected chi connectivity index (χ0v) is 15.2. The fourth-order valence-corrected chi connectivity index (χ4v) is 2.81. The molecule has 0 unspecified atom stereocenters. The molecule has 9 heteroatoms. The van der Waals surface area contributed by atoms with E-state index in [-0.39, 0.29) is 17.9 Å². The Morgan fingerprint density at radius 1 is 1.00 bits per heavy atom. The highest BCUT2D eigenvalue weighted by atomic mass is 16.5. The smallest absolute Gasteiger partial charge is 0.333 e. The van der Waals surface area contributed by atoms with Crippen LogP contribution in [0.1, 0.15) is 19.5 Å². The molecule has 4 aromatic rings. The summed E-state index contributed by atoms with van der Waals surface area (Å²) in [5.41, 5.74) is 1.44. The van der Waals surface area contributed by atoms with Crippen LogP contribution in [0.25, 0.3) is 28.8 Å². The van der Waals surface area contributed by atoms with Crippen molar-refractivity contribution in [2.75, 3.05) is 6.61 Å². The maximum absolute atomic E-state index is 13.1. The minimum absolute atomic E-state index is 0.0169. The topological polar surface area (TPSA) is 104 Å². The third-order valence-electron chi connectivity index (χ3n) is 4.12. The first-order valence-corrected chi connectivity index (χ1v) is 8.65. The van der Waals surface area contributed by atoms with Crippen LogP contribution < -0.4 is 5.56 Å². The normalized spacial score (nSPS) is 11.9. The predicted molar refractivity (Wildman–Crippen MR) is 102 cm³/mol. The lowest BCUT2D eigenvalue weighted by Crippen LogP contribution is -2.25. The maximum atomic E-state index is 13.1. The quantitative estimate of drug-likeness (QED) is 0.395. The van der Waals surface area contributed by atoms with Crippen LogP contribution in [-0.2, 0) is 9.53 Å². The summed E-state index contributed by atoms with van der Waals surface area (Å²) in [6, 6.07) is 12.7. The van der Waals surface area contributed by atoms with Crippen LogP contribution in [0.2, 0.25) is 0 Å². The van der Waals surface area contributed by atoms with Gasteiger partial charge in [-0.25, -0.2) is 9.31 Å². The Kier molecular flexibility index (Phi) is 4.40. The van der Waals surface area contributed by atoms with E-state index < -0.39 is 11.5 Å². The summed E-state index contributed by atoms with van der Waals surface area (Å²) >= 11 is 0. The molecule has 0 radical (unpaired) electrons. The first-order valence-electron chi connectivity index (χ1n) is 8.65. The Morgan fingerprint density at radius 2 is 1.68 bits per heavy atom. The van der Waals surface area contributed by atoms with Crippen LogP contribution in [0.4, 0.5) is 0 Å². The lowest BCUT2D eigenvalue weighted by Gasteiger charge is -2.07. The first-order chi connectivity index (χ1) is 13.6. The van der Waals surface area contributed by atoms with Crippen LogP contribution in [0.15, 0.2) is 52.8 Å². The van der Waals surface area contributed by atoms with Gasteiger partial charge in [0.2, 0.25) is 0 Å². The second-order valence-electron chi connectivity index (χ2n) is 6.00. The third kappa shape index (κ3) is 2.92. The number of carbonyl (C=O) groups excluding carboxylic acids is 1. The van der Waals surface area contributed by atoms with Crippen molar-refractivity contribution in [1.29, 1.82) is 0 Å². The highest BCUT2D eigenvalue weighted by molar-refractivity contribution is 5.92. The molecule has 3 heterocycles. The van der Waals surface area contributed by atoms with Gasteiger partial charge in [-0.3, -0.25) is 4.79 Å². The van der Waals surface area contributed by atoms with E-state index >= 15 is 0 Å². The summed E-state index contributed by atoms with van der Waals surface area (Å²) in [6.45, 7) is 3.51. The van der Waals surface area contributed by atoms with Gasteiger partial charge in [0.25, 0.3) is 5.56 Å². The molecule has 0 aliphatic carbocycles. The fourth-order valence-electron chi connectivity index (χ4n) is 2.81. The van der Waals surface area contributed by atoms with Gasteiger partial charge in [0.05, 0.1) is 6.61 Å². The molecule has 0 aliphatic rings. The van der Waals surface area contributed by atoms with Crippen molar-refractivity contribution in [2.45, 2.75) is 13.8 Å². The molecule has 0 fully saturated rings. The van der Waals surface area contributed by atoms with Crippen LogP contribution >= 0.6 is 0 Å². The average molecular weight is 376 g/mol. The molecule has 0 spiro atoms. The standard InChI is InChI=1S/C19H16N6O3/c1-3-28-19(27)12(2)11-14-18(26)25-16(21-20-14)10-9-15-22-23-17(24(15)25)13-7-5-4-6-8-13/h4-11H,3H2,1-2H3/b12-11+. The van der Waals surface area contributed by atoms with E-state index in [0.29, 0.717) is 17.1 Å². The molecule has 0 saturated heterocycles. The van der Waals surface area contributed by atoms with Gasteiger partial charge in [-0.1, -0.05) is 30.3 Å². The molecule has 140 valence electrons. The highest BCUT2D eigenvalue weighted by Gasteiger charge is 2.15. The van der Waals surface area contributed by atoms with E-state index in [1.165, 1.54) is 10.6 Å². The Balaban J connectivity index is 1.98. The summed E-state index contributed by atoms with van der Waals surface area (Å²) in [5, 5.41) is 16.4. The van der Waals surface area contributed by atoms with Crippen LogP contribution in [-0.4, -0.2) is 42.0 Å². The molecule has 1 aromatic carbocycles. The van der Waals surface area contributed by atoms with Crippen molar-refractivity contribution in [3.8, 4) is 11.4 Å². The number of nitrogens with zero attached hydrogens (tertiary/aromatic N) is 6. The monoisotopic (exact) mass is 376 g/mol. The van der Waals surface area contributed by atoms with Gasteiger partial charge < -0.3 is 4.74 Å². The summed E-state index contributed by atoms with van der Waals surface area (Å²) < 4.78 is 7.87. The molecule has 4 rings (SSSR count). The summed E-state index contributed by atoms with van der Waals surface area (Å²) in [6.07, 6.45) is 1.37. The number of fused-ring (bicyclic) bond motifs is 3. The van der Waals surface area contributed by atoms with E-state index in [9.17, 15) is 9.59 Å². The third-order valence-corrected chi connectivity index (χ3v) is 4.12. The van der Waals surface area contributed by atoms with E-state index in [0.717, 1.165) is 5.56 Å². The number of benzene rings is 1. The zero-order valence-electron chi connectivity index (χ0n) is 15.2. The first kappa shape index (κ1) is 17.5. The van der Waals surface area contributed by atoms with Gasteiger partial charge in [0.15, 0.2) is 22.8 Å². The minimum atomic E-state index is -0.513. The molecule has 0 saturated carbocycles. The minimum Gasteiger partial charge on any atom is -0.463 e. The van der Waals surface area contributed by atoms with Gasteiger partial charge >= 0.3 is 5.97 Å². The Bertz CT molecular complexity index is 1270. The number of rotatable bonds is 4. The van der Waals surface area contributed by atoms with Gasteiger partial charge in [0, 0.05) is 11.1 Å². The Hall–Kier alpha value is -3.88. The Morgan fingerprint density at radius 3 is 2.39 bits per heavy atom. The van der Waals surface area contributed by atoms with Crippen molar-refractivity contribution in [3.63, 3.8) is 0 Å². The molecule has 0 atom stereocenters. The number of hydrogen-bond donors (Lipinski definition) is 0. The Labute approximate surface area is 158 Å². The van der Waals surface area contributed by atoms with Gasteiger partial charge in [0.1, 0.15) is 0 Å². The maximum Gasteiger partial charge on any atom is 0.333 e. The van der Waals surface area contributed by atoms with E-state index in [4.69, 9.17) is 4.74 Å². The molecule has 0 aliphatic heterocycles. The van der Waals surface area contributed by atoms with E-state index in [1.807, 2.05) is 30.3 Å². The average Bonchev–Trinajstić information content (AvgIpc) is 3.15. The molecule has 28 heavy (non-hydrogen) atoms. The second kappa shape index (κ2) is 7.03. The summed E-state index contributed by atoms with van der Waals surface area (Å²) in [4.78, 5) is 25.0. The molecule has 3 aromatic heterocycles. The highest BCUT2D eigenvalue weighted by Crippen LogP contribution is 2.17. The molecular weight excluding hydrogens is 360 g/mol. The predicted octanol–water partition coefficient (Wildman–Crippen LogP) is 1.77. The fraction of sp³-hybridized carbons (Fsp3) is 0.158. The molecule has 0 amide bonds. The van der Waals surface area contributed by atoms with Crippen molar-refractivity contribution >= 4 is 23.3 Å². The SMILES string of the molecule is CCOC(=O)/C(C)=C/c1nnc2ccc3nnc(-c4ccccc4)n3n2c1=O. The number of hydrogen-bond acceptors (Lipinski definition) is 7. The van der Waals surface area contributed by atoms with Gasteiger partial charge in [-0.05, 0) is 32.1 Å². The van der Waals surface area contributed by atoms with Crippen molar-refractivity contribution in [2.24, 2.45) is 0 Å². The van der Waals surface area contributed by atoms with Crippen LogP contribution in [0.3, 0.4) is 0 Å². The number of aromatic nitrogens is 6. The molecule has 0 bridgehead atoms. The molecule has 9 nitrogen and oxygen atoms in total. The molecule has 0 N–H and O–H groups in total. The van der Waals surface area contributed by atoms with Gasteiger partial charge in [-0.15, -0.1) is 20.4 Å². The number of carbonyl (C=O) groups is 1. The molecular formula is C19H16N6O3. The largest absolute Gasteiger partial charge is 0.463 e. The van der Waals surface area contributed by atoms with Gasteiger partial charge in [-0.2, -0.15) is 4.52 Å². The van der Waals surface area contributed by atoms with E-state index in [2.05, 4.69) is 20.4 Å². The van der Waals surface area contributed by atoms with Crippen LogP contribution in [0.5, 0.6) is 0 Å². The van der Waals surface area contributed by atoms with Crippen molar-refractivity contribution in [3.05, 3.63) is 64.1 Å². The zero-order chi connectivity index (χ0) is 19.7. The summed E-state index contributed by atoms with van der Waals surface area (Å²) in [5.74, 6) is -0.0189.